The van der Waals surface area contributed by atoms with Crippen LogP contribution in [0, 0.1) is 0 Å². The summed E-state index contributed by atoms with van der Waals surface area (Å²) in [7, 11) is 0. The van der Waals surface area contributed by atoms with E-state index in [1.165, 1.54) is 77.0 Å². The molecule has 0 amide bonds. The van der Waals surface area contributed by atoms with E-state index in [9.17, 15) is 9.59 Å². The quantitative estimate of drug-likeness (QED) is 0.109. The van der Waals surface area contributed by atoms with E-state index in [1.807, 2.05) is 0 Å². The Hall–Kier alpha value is -0.190. The van der Waals surface area contributed by atoms with Gasteiger partial charge in [0.05, 0.1) is 19.4 Å². The number of hydrogen-bond acceptors (Lipinski definition) is 4. The van der Waals surface area contributed by atoms with E-state index in [1.54, 1.807) is 0 Å². The lowest BCUT2D eigenvalue weighted by atomic mass is 10.0. The fraction of sp³-hybridized carbons (Fsp3) is 0.909. The molecule has 0 aromatic rings. The minimum atomic E-state index is -1.63. The molecular formula is C22H39Cl3O4. The van der Waals surface area contributed by atoms with Gasteiger partial charge in [-0.05, 0) is 6.42 Å². The van der Waals surface area contributed by atoms with Crippen molar-refractivity contribution < 1.29 is 19.1 Å². The van der Waals surface area contributed by atoms with Crippen molar-refractivity contribution in [3.05, 3.63) is 0 Å². The maximum Gasteiger partial charge on any atom is 0.306 e. The van der Waals surface area contributed by atoms with Crippen LogP contribution in [0.3, 0.4) is 0 Å². The molecule has 0 bridgehead atoms. The zero-order chi connectivity index (χ0) is 21.8. The van der Waals surface area contributed by atoms with Gasteiger partial charge >= 0.3 is 11.9 Å². The monoisotopic (exact) mass is 472 g/mol. The standard InChI is InChI=1S/C22H39Cl3O4/c1-2-3-4-5-6-7-8-9-10-11-12-13-14-15-18-28-20(26)16-17-21(27)29-19-22(23,24)25/h2-19H2,1H3. The highest BCUT2D eigenvalue weighted by molar-refractivity contribution is 6.67. The summed E-state index contributed by atoms with van der Waals surface area (Å²) in [5.74, 6) is -0.977. The van der Waals surface area contributed by atoms with Crippen LogP contribution in [-0.2, 0) is 19.1 Å². The minimum Gasteiger partial charge on any atom is -0.466 e. The van der Waals surface area contributed by atoms with Gasteiger partial charge in [-0.2, -0.15) is 0 Å². The zero-order valence-electron chi connectivity index (χ0n) is 18.0. The Bertz CT molecular complexity index is 411. The number of esters is 2. The van der Waals surface area contributed by atoms with E-state index >= 15 is 0 Å². The molecule has 0 aliphatic rings. The van der Waals surface area contributed by atoms with Crippen LogP contribution in [-0.4, -0.2) is 28.9 Å². The first kappa shape index (κ1) is 28.8. The van der Waals surface area contributed by atoms with Crippen molar-refractivity contribution in [3.8, 4) is 0 Å². The minimum absolute atomic E-state index is 0.0166. The molecule has 0 N–H and O–H groups in total. The first-order valence-corrected chi connectivity index (χ1v) is 12.4. The van der Waals surface area contributed by atoms with E-state index in [0.29, 0.717) is 6.61 Å². The molecular weight excluding hydrogens is 435 g/mol. The largest absolute Gasteiger partial charge is 0.466 e. The molecule has 0 aliphatic heterocycles. The van der Waals surface area contributed by atoms with Crippen LogP contribution < -0.4 is 0 Å². The number of carbonyl (C=O) groups excluding carboxylic acids is 2. The lowest BCUT2D eigenvalue weighted by Gasteiger charge is -2.11. The molecule has 7 heteroatoms. The number of rotatable bonds is 19. The van der Waals surface area contributed by atoms with Crippen LogP contribution in [0.25, 0.3) is 0 Å². The third-order valence-corrected chi connectivity index (χ3v) is 5.02. The fourth-order valence-corrected chi connectivity index (χ4v) is 3.16. The van der Waals surface area contributed by atoms with Gasteiger partial charge in [0.25, 0.3) is 0 Å². The number of halogens is 3. The Kier molecular flexibility index (Phi) is 19.6. The Balaban J connectivity index is 3.30. The second-order valence-corrected chi connectivity index (χ2v) is 10.1. The van der Waals surface area contributed by atoms with Gasteiger partial charge in [-0.1, -0.05) is 125 Å². The van der Waals surface area contributed by atoms with Gasteiger partial charge in [0.15, 0.2) is 0 Å². The molecule has 0 atom stereocenters. The van der Waals surface area contributed by atoms with Crippen LogP contribution in [0.1, 0.15) is 110 Å². The summed E-state index contributed by atoms with van der Waals surface area (Å²) in [5, 5.41) is 0. The Morgan fingerprint density at radius 3 is 1.41 bits per heavy atom. The normalized spacial score (nSPS) is 11.4. The van der Waals surface area contributed by atoms with Gasteiger partial charge in [0.1, 0.15) is 6.61 Å². The topological polar surface area (TPSA) is 52.6 Å². The third kappa shape index (κ3) is 24.0. The van der Waals surface area contributed by atoms with Crippen LogP contribution in [0.2, 0.25) is 0 Å². The number of carbonyl (C=O) groups is 2. The molecule has 0 rings (SSSR count). The van der Waals surface area contributed by atoms with Crippen LogP contribution in [0.5, 0.6) is 0 Å². The predicted molar refractivity (Wildman–Crippen MR) is 122 cm³/mol. The average Bonchev–Trinajstić information content (AvgIpc) is 2.67. The van der Waals surface area contributed by atoms with E-state index in [-0.39, 0.29) is 19.4 Å². The molecule has 172 valence electrons. The molecule has 29 heavy (non-hydrogen) atoms. The van der Waals surface area contributed by atoms with Crippen molar-refractivity contribution >= 4 is 46.7 Å². The number of hydrogen-bond donors (Lipinski definition) is 0. The van der Waals surface area contributed by atoms with Gasteiger partial charge in [0.2, 0.25) is 3.79 Å². The molecule has 4 nitrogen and oxygen atoms in total. The number of alkyl halides is 3. The number of unbranched alkanes of at least 4 members (excludes halogenated alkanes) is 13. The summed E-state index contributed by atoms with van der Waals surface area (Å²) >= 11 is 16.4. The Labute approximate surface area is 192 Å². The van der Waals surface area contributed by atoms with Crippen molar-refractivity contribution in [1.29, 1.82) is 0 Å². The highest BCUT2D eigenvalue weighted by atomic mass is 35.6. The first-order valence-electron chi connectivity index (χ1n) is 11.2. The summed E-state index contributed by atoms with van der Waals surface area (Å²) < 4.78 is 8.23. The van der Waals surface area contributed by atoms with E-state index in [4.69, 9.17) is 44.3 Å². The van der Waals surface area contributed by atoms with E-state index < -0.39 is 15.7 Å². The lowest BCUT2D eigenvalue weighted by molar-refractivity contribution is -0.150. The van der Waals surface area contributed by atoms with Crippen LogP contribution in [0.15, 0.2) is 0 Å². The molecule has 0 heterocycles. The maximum atomic E-state index is 11.6. The second kappa shape index (κ2) is 19.8. The molecule has 0 fully saturated rings. The van der Waals surface area contributed by atoms with Crippen molar-refractivity contribution in [2.24, 2.45) is 0 Å². The lowest BCUT2D eigenvalue weighted by Crippen LogP contribution is -2.18. The highest BCUT2D eigenvalue weighted by Crippen LogP contribution is 2.26. The highest BCUT2D eigenvalue weighted by Gasteiger charge is 2.22. The molecule has 0 radical (unpaired) electrons. The molecule has 0 saturated heterocycles. The van der Waals surface area contributed by atoms with Crippen LogP contribution >= 0.6 is 34.8 Å². The Morgan fingerprint density at radius 1 is 0.621 bits per heavy atom. The van der Waals surface area contributed by atoms with Crippen molar-refractivity contribution in [1.82, 2.24) is 0 Å². The SMILES string of the molecule is CCCCCCCCCCCCCCCCOC(=O)CCC(=O)OCC(Cl)(Cl)Cl. The van der Waals surface area contributed by atoms with E-state index in [2.05, 4.69) is 6.92 Å². The summed E-state index contributed by atoms with van der Waals surface area (Å²) in [6, 6.07) is 0. The first-order chi connectivity index (χ1) is 13.8. The molecule has 0 unspecified atom stereocenters. The maximum absolute atomic E-state index is 11.6. The molecule has 0 saturated carbocycles. The summed E-state index contributed by atoms with van der Waals surface area (Å²) in [5.41, 5.74) is 0. The summed E-state index contributed by atoms with van der Waals surface area (Å²) in [6.45, 7) is 2.33. The Morgan fingerprint density at radius 2 is 1.00 bits per heavy atom. The zero-order valence-corrected chi connectivity index (χ0v) is 20.3. The third-order valence-electron chi connectivity index (χ3n) is 4.69. The summed E-state index contributed by atoms with van der Waals surface area (Å²) in [4.78, 5) is 23.0. The molecule has 0 aromatic carbocycles. The number of ether oxygens (including phenoxy) is 2. The van der Waals surface area contributed by atoms with Crippen molar-refractivity contribution in [3.63, 3.8) is 0 Å². The van der Waals surface area contributed by atoms with Crippen molar-refractivity contribution in [2.45, 2.75) is 113 Å². The average molecular weight is 474 g/mol. The van der Waals surface area contributed by atoms with Gasteiger partial charge in [-0.25, -0.2) is 0 Å². The molecule has 0 aliphatic carbocycles. The van der Waals surface area contributed by atoms with Gasteiger partial charge in [-0.3, -0.25) is 9.59 Å². The molecule has 0 spiro atoms. The van der Waals surface area contributed by atoms with Crippen LogP contribution in [0.4, 0.5) is 0 Å². The fourth-order valence-electron chi connectivity index (χ4n) is 2.99. The second-order valence-electron chi connectivity index (χ2n) is 7.59. The molecule has 0 aromatic heterocycles. The van der Waals surface area contributed by atoms with E-state index in [0.717, 1.165) is 12.8 Å². The smallest absolute Gasteiger partial charge is 0.306 e. The van der Waals surface area contributed by atoms with Crippen molar-refractivity contribution in [2.75, 3.05) is 13.2 Å². The van der Waals surface area contributed by atoms with Gasteiger partial charge in [0, 0.05) is 0 Å². The van der Waals surface area contributed by atoms with Gasteiger partial charge in [-0.15, -0.1) is 0 Å². The summed E-state index contributed by atoms with van der Waals surface area (Å²) in [6.07, 6.45) is 17.9. The van der Waals surface area contributed by atoms with Gasteiger partial charge < -0.3 is 9.47 Å². The predicted octanol–water partition coefficient (Wildman–Crippen LogP) is 7.70.